The molecule has 0 aliphatic heterocycles. The Morgan fingerprint density at radius 2 is 2.00 bits per heavy atom. The molecule has 3 rings (SSSR count). The molecule has 1 aromatic carbocycles. The van der Waals surface area contributed by atoms with Gasteiger partial charge in [-0.2, -0.15) is 8.78 Å². The van der Waals surface area contributed by atoms with E-state index >= 15 is 0 Å². The summed E-state index contributed by atoms with van der Waals surface area (Å²) < 4.78 is 36.1. The van der Waals surface area contributed by atoms with Gasteiger partial charge in [-0.1, -0.05) is 16.8 Å². The Bertz CT molecular complexity index is 873. The molecule has 0 atom stereocenters. The molecular formula is C16H14ClF2N5O2. The van der Waals surface area contributed by atoms with Gasteiger partial charge in [0.25, 0.3) is 0 Å². The number of aromatic nitrogens is 5. The summed E-state index contributed by atoms with van der Waals surface area (Å²) in [6, 6.07) is 4.72. The summed E-state index contributed by atoms with van der Waals surface area (Å²) in [4.78, 5) is 8.08. The zero-order chi connectivity index (χ0) is 18.5. The lowest BCUT2D eigenvalue weighted by Gasteiger charge is -2.08. The van der Waals surface area contributed by atoms with Crippen LogP contribution in [0, 0.1) is 6.92 Å². The van der Waals surface area contributed by atoms with E-state index in [1.807, 2.05) is 6.92 Å². The predicted octanol–water partition coefficient (Wildman–Crippen LogP) is 3.24. The van der Waals surface area contributed by atoms with Crippen LogP contribution in [0.1, 0.15) is 11.3 Å². The number of halogens is 3. The van der Waals surface area contributed by atoms with E-state index in [2.05, 4.69) is 25.0 Å². The summed E-state index contributed by atoms with van der Waals surface area (Å²) >= 11 is 5.84. The molecule has 10 heteroatoms. The van der Waals surface area contributed by atoms with Crippen molar-refractivity contribution >= 4 is 11.6 Å². The average Bonchev–Trinajstić information content (AvgIpc) is 3.07. The third kappa shape index (κ3) is 4.63. The third-order valence-electron chi connectivity index (χ3n) is 3.28. The van der Waals surface area contributed by atoms with Gasteiger partial charge in [0.05, 0.1) is 29.2 Å². The number of alkyl halides is 2. The molecule has 7 nitrogen and oxygen atoms in total. The molecule has 2 aromatic heterocycles. The van der Waals surface area contributed by atoms with E-state index in [9.17, 15) is 8.78 Å². The van der Waals surface area contributed by atoms with Crippen molar-refractivity contribution in [2.45, 2.75) is 20.0 Å². The van der Waals surface area contributed by atoms with Gasteiger partial charge in [-0.3, -0.25) is 0 Å². The lowest BCUT2D eigenvalue weighted by Crippen LogP contribution is -2.04. The largest absolute Gasteiger partial charge is 0.463 e. The minimum atomic E-state index is -2.96. The van der Waals surface area contributed by atoms with Crippen LogP contribution in [0.3, 0.4) is 0 Å². The number of rotatable bonds is 7. The maximum atomic E-state index is 12.4. The molecule has 0 aliphatic carbocycles. The van der Waals surface area contributed by atoms with Crippen LogP contribution in [0.25, 0.3) is 5.69 Å². The highest BCUT2D eigenvalue weighted by atomic mass is 35.5. The minimum absolute atomic E-state index is 0.0842. The minimum Gasteiger partial charge on any atom is -0.463 e. The molecule has 0 saturated heterocycles. The summed E-state index contributed by atoms with van der Waals surface area (Å²) in [6.45, 7) is -0.756. The third-order valence-corrected chi connectivity index (χ3v) is 3.60. The van der Waals surface area contributed by atoms with E-state index in [1.54, 1.807) is 24.7 Å². The van der Waals surface area contributed by atoms with Crippen LogP contribution in [-0.4, -0.2) is 38.2 Å². The van der Waals surface area contributed by atoms with E-state index in [1.165, 1.54) is 16.8 Å². The van der Waals surface area contributed by atoms with Gasteiger partial charge in [0.2, 0.25) is 0 Å². The summed E-state index contributed by atoms with van der Waals surface area (Å²) in [7, 11) is 0. The smallest absolute Gasteiger partial charge is 0.387 e. The highest BCUT2D eigenvalue weighted by Crippen LogP contribution is 2.28. The maximum Gasteiger partial charge on any atom is 0.387 e. The van der Waals surface area contributed by atoms with Crippen molar-refractivity contribution in [3.05, 3.63) is 53.1 Å². The molecule has 2 heterocycles. The first-order valence-corrected chi connectivity index (χ1v) is 7.96. The number of hydrogen-bond donors (Lipinski definition) is 0. The number of benzene rings is 1. The zero-order valence-corrected chi connectivity index (χ0v) is 14.4. The molecule has 0 spiro atoms. The maximum absolute atomic E-state index is 12.4. The van der Waals surface area contributed by atoms with Gasteiger partial charge in [-0.15, -0.1) is 5.10 Å². The first-order chi connectivity index (χ1) is 12.5. The Labute approximate surface area is 152 Å². The van der Waals surface area contributed by atoms with Crippen molar-refractivity contribution in [3.8, 4) is 17.4 Å². The molecule has 26 heavy (non-hydrogen) atoms. The molecule has 0 radical (unpaired) electrons. The number of hydrogen-bond acceptors (Lipinski definition) is 6. The quantitative estimate of drug-likeness (QED) is 0.625. The normalized spacial score (nSPS) is 11.0. The first-order valence-electron chi connectivity index (χ1n) is 7.58. The SMILES string of the molecule is Cc1cnc(OCCc2cn(-c3ccc(Cl)c(OC(F)F)c3)nn2)nc1. The van der Waals surface area contributed by atoms with Gasteiger partial charge < -0.3 is 9.47 Å². The number of nitrogens with zero attached hydrogens (tertiary/aromatic N) is 5. The fraction of sp³-hybridized carbons (Fsp3) is 0.250. The monoisotopic (exact) mass is 381 g/mol. The van der Waals surface area contributed by atoms with Crippen molar-refractivity contribution < 1.29 is 18.3 Å². The Balaban J connectivity index is 1.63. The molecule has 0 amide bonds. The van der Waals surface area contributed by atoms with E-state index < -0.39 is 6.61 Å². The van der Waals surface area contributed by atoms with E-state index in [-0.39, 0.29) is 16.8 Å². The fourth-order valence-electron chi connectivity index (χ4n) is 2.06. The van der Waals surface area contributed by atoms with Crippen LogP contribution in [0.2, 0.25) is 5.02 Å². The van der Waals surface area contributed by atoms with Crippen molar-refractivity contribution in [1.82, 2.24) is 25.0 Å². The molecular weight excluding hydrogens is 368 g/mol. The van der Waals surface area contributed by atoms with Crippen molar-refractivity contribution in [1.29, 1.82) is 0 Å². The second kappa shape index (κ2) is 8.05. The Morgan fingerprint density at radius 1 is 1.23 bits per heavy atom. The molecule has 0 saturated carbocycles. The van der Waals surface area contributed by atoms with Crippen LogP contribution < -0.4 is 9.47 Å². The Kier molecular flexibility index (Phi) is 5.57. The van der Waals surface area contributed by atoms with Crippen molar-refractivity contribution in [2.75, 3.05) is 6.61 Å². The van der Waals surface area contributed by atoms with E-state index in [0.717, 1.165) is 5.56 Å². The topological polar surface area (TPSA) is 75.0 Å². The fourth-order valence-corrected chi connectivity index (χ4v) is 2.22. The molecule has 0 bridgehead atoms. The summed E-state index contributed by atoms with van der Waals surface area (Å²) in [5, 5.41) is 8.07. The summed E-state index contributed by atoms with van der Waals surface area (Å²) in [6.07, 6.45) is 5.47. The zero-order valence-electron chi connectivity index (χ0n) is 13.6. The van der Waals surface area contributed by atoms with Gasteiger partial charge in [0.1, 0.15) is 5.75 Å². The standard InChI is InChI=1S/C16H14ClF2N5O2/c1-10-7-20-16(21-8-10)25-5-4-11-9-24(23-22-11)12-2-3-13(17)14(6-12)26-15(18)19/h2-3,6-9,15H,4-5H2,1H3. The molecule has 3 aromatic rings. The molecule has 0 unspecified atom stereocenters. The highest BCUT2D eigenvalue weighted by molar-refractivity contribution is 6.32. The molecule has 0 N–H and O–H groups in total. The lowest BCUT2D eigenvalue weighted by atomic mass is 10.3. The Hall–Kier alpha value is -2.81. The van der Waals surface area contributed by atoms with Gasteiger partial charge in [0.15, 0.2) is 0 Å². The predicted molar refractivity (Wildman–Crippen MR) is 89.0 cm³/mol. The Morgan fingerprint density at radius 3 is 2.73 bits per heavy atom. The summed E-state index contributed by atoms with van der Waals surface area (Å²) in [5.74, 6) is -0.129. The first kappa shape index (κ1) is 18.0. The van der Waals surface area contributed by atoms with Crippen LogP contribution in [0.4, 0.5) is 8.78 Å². The number of aryl methyl sites for hydroxylation is 1. The molecule has 0 fully saturated rings. The van der Waals surface area contributed by atoms with Gasteiger partial charge in [-0.25, -0.2) is 14.6 Å². The summed E-state index contributed by atoms with van der Waals surface area (Å²) in [5.41, 5.74) is 2.09. The van der Waals surface area contributed by atoms with E-state index in [0.29, 0.717) is 24.4 Å². The molecule has 0 aliphatic rings. The van der Waals surface area contributed by atoms with Gasteiger partial charge in [0, 0.05) is 24.9 Å². The van der Waals surface area contributed by atoms with Crippen LogP contribution in [0.15, 0.2) is 36.8 Å². The second-order valence-corrected chi connectivity index (χ2v) is 5.70. The van der Waals surface area contributed by atoms with Gasteiger partial charge >= 0.3 is 12.6 Å². The van der Waals surface area contributed by atoms with Crippen LogP contribution in [0.5, 0.6) is 11.8 Å². The van der Waals surface area contributed by atoms with Crippen LogP contribution >= 0.6 is 11.6 Å². The second-order valence-electron chi connectivity index (χ2n) is 5.29. The van der Waals surface area contributed by atoms with Crippen molar-refractivity contribution in [2.24, 2.45) is 0 Å². The van der Waals surface area contributed by atoms with Gasteiger partial charge in [-0.05, 0) is 24.6 Å². The average molecular weight is 382 g/mol. The van der Waals surface area contributed by atoms with E-state index in [4.69, 9.17) is 16.3 Å². The molecule has 136 valence electrons. The highest BCUT2D eigenvalue weighted by Gasteiger charge is 2.11. The lowest BCUT2D eigenvalue weighted by molar-refractivity contribution is -0.0497. The van der Waals surface area contributed by atoms with Crippen LogP contribution in [-0.2, 0) is 6.42 Å². The number of ether oxygens (including phenoxy) is 2. The van der Waals surface area contributed by atoms with Crippen molar-refractivity contribution in [3.63, 3.8) is 0 Å².